The first kappa shape index (κ1) is 42.3. The van der Waals surface area contributed by atoms with Gasteiger partial charge >= 0.3 is 5.97 Å². The molecule has 2 amide bonds. The minimum atomic E-state index is -0.907. The van der Waals surface area contributed by atoms with Gasteiger partial charge in [-0.1, -0.05) is 84.2 Å². The van der Waals surface area contributed by atoms with Crippen LogP contribution in [0.2, 0.25) is 0 Å². The van der Waals surface area contributed by atoms with Crippen molar-refractivity contribution in [2.75, 3.05) is 27.2 Å². The van der Waals surface area contributed by atoms with Crippen molar-refractivity contribution in [1.29, 1.82) is 0 Å². The number of aliphatic carboxylic acids is 1. The molecule has 0 radical (unpaired) electrons. The lowest BCUT2D eigenvalue weighted by molar-refractivity contribution is -0.143. The minimum Gasteiger partial charge on any atom is -0.481 e. The lowest BCUT2D eigenvalue weighted by Gasteiger charge is -2.38. The molecule has 2 heterocycles. The standard InChI is InChI=1S/C40H62N4O6S/c1-9-29(10-2)31(23-35(45)33-19-15-16-20-43(33)7)39(47)44(8)34(26(4)5)24-36(50-11-3)38-42-32(25-51-38)37(46)41-30(21-27(6)40(48)49)22-28-17-13-12-14-18-28/h12-14,17-18,25-27,29-31,33-34,36H,9-11,15-16,19-24H2,1-8H3,(H,41,46)(H,48,49)/t27-,30+,31-,33+,34+,36+/m0/s1. The Kier molecular flexibility index (Phi) is 17.2. The van der Waals surface area contributed by atoms with E-state index in [0.717, 1.165) is 44.2 Å². The Morgan fingerprint density at radius 2 is 1.75 bits per heavy atom. The van der Waals surface area contributed by atoms with Crippen molar-refractivity contribution in [2.45, 2.75) is 124 Å². The van der Waals surface area contributed by atoms with E-state index in [1.54, 1.807) is 12.3 Å². The first-order valence-electron chi connectivity index (χ1n) is 18.9. The summed E-state index contributed by atoms with van der Waals surface area (Å²) < 4.78 is 6.23. The van der Waals surface area contributed by atoms with Gasteiger partial charge in [0.25, 0.3) is 5.91 Å². The number of carboxylic acids is 1. The fourth-order valence-corrected chi connectivity index (χ4v) is 8.39. The SMILES string of the molecule is CCO[C@H](C[C@H](C(C)C)N(C)C(=O)[C@@H](CC(=O)[C@H]1CCCCN1C)C(CC)CC)c1nc(C(=O)N[C@@H](Cc2ccccc2)C[C@H](C)C(=O)O)cs1. The van der Waals surface area contributed by atoms with Crippen LogP contribution >= 0.6 is 11.3 Å². The van der Waals surface area contributed by atoms with Crippen molar-refractivity contribution in [3.05, 3.63) is 52.0 Å². The maximum atomic E-state index is 14.4. The van der Waals surface area contributed by atoms with E-state index in [4.69, 9.17) is 9.72 Å². The number of carboxylic acid groups (broad SMARTS) is 1. The molecule has 11 heteroatoms. The highest BCUT2D eigenvalue weighted by molar-refractivity contribution is 7.09. The number of nitrogens with zero attached hydrogens (tertiary/aromatic N) is 3. The normalized spacial score (nSPS) is 18.2. The van der Waals surface area contributed by atoms with Crippen LogP contribution in [0.3, 0.4) is 0 Å². The van der Waals surface area contributed by atoms with E-state index in [9.17, 15) is 24.3 Å². The number of likely N-dealkylation sites (tertiary alicyclic amines) is 1. The minimum absolute atomic E-state index is 0.00344. The Hall–Kier alpha value is -3.15. The molecule has 0 unspecified atom stereocenters. The predicted octanol–water partition coefficient (Wildman–Crippen LogP) is 7.04. The molecular formula is C40H62N4O6S. The van der Waals surface area contributed by atoms with Gasteiger partial charge in [0.05, 0.1) is 12.0 Å². The van der Waals surface area contributed by atoms with Gasteiger partial charge in [-0.3, -0.25) is 24.1 Å². The zero-order valence-corrected chi connectivity index (χ0v) is 32.9. The van der Waals surface area contributed by atoms with E-state index >= 15 is 0 Å². The third-order valence-electron chi connectivity index (χ3n) is 10.7. The average molecular weight is 727 g/mol. The number of amides is 2. The van der Waals surface area contributed by atoms with Crippen LogP contribution in [0.4, 0.5) is 0 Å². The van der Waals surface area contributed by atoms with E-state index in [1.165, 1.54) is 11.3 Å². The molecule has 1 aromatic heterocycles. The molecule has 1 aliphatic rings. The fraction of sp³-hybridized carbons (Fsp3) is 0.675. The molecule has 0 spiro atoms. The number of Topliss-reactive ketones (excluding diaryl/α,β-unsaturated/α-hetero) is 1. The van der Waals surface area contributed by atoms with Crippen molar-refractivity contribution < 1.29 is 29.0 Å². The topological polar surface area (TPSA) is 129 Å². The molecule has 10 nitrogen and oxygen atoms in total. The lowest BCUT2D eigenvalue weighted by atomic mass is 9.80. The van der Waals surface area contributed by atoms with E-state index < -0.39 is 24.0 Å². The van der Waals surface area contributed by atoms with E-state index in [2.05, 4.69) is 37.9 Å². The number of carbonyl (C=O) groups excluding carboxylic acids is 3. The van der Waals surface area contributed by atoms with Crippen molar-refractivity contribution >= 4 is 34.9 Å². The van der Waals surface area contributed by atoms with Crippen LogP contribution in [-0.2, 0) is 25.5 Å². The third kappa shape index (κ3) is 12.2. The summed E-state index contributed by atoms with van der Waals surface area (Å²) in [6, 6.07) is 8.99. The van der Waals surface area contributed by atoms with Gasteiger partial charge in [-0.15, -0.1) is 11.3 Å². The summed E-state index contributed by atoms with van der Waals surface area (Å²) in [7, 11) is 3.87. The molecule has 1 saturated heterocycles. The Morgan fingerprint density at radius 3 is 2.33 bits per heavy atom. The summed E-state index contributed by atoms with van der Waals surface area (Å²) in [5.74, 6) is -1.90. The van der Waals surface area contributed by atoms with Gasteiger partial charge in [0.15, 0.2) is 5.78 Å². The zero-order chi connectivity index (χ0) is 37.7. The number of benzene rings is 1. The van der Waals surface area contributed by atoms with Crippen LogP contribution in [0.15, 0.2) is 35.7 Å². The van der Waals surface area contributed by atoms with Crippen LogP contribution in [-0.4, -0.2) is 88.8 Å². The van der Waals surface area contributed by atoms with E-state index in [-0.39, 0.29) is 66.0 Å². The summed E-state index contributed by atoms with van der Waals surface area (Å²) >= 11 is 1.35. The van der Waals surface area contributed by atoms with Crippen LogP contribution in [0.25, 0.3) is 0 Å². The molecule has 0 saturated carbocycles. The van der Waals surface area contributed by atoms with Gasteiger partial charge in [-0.2, -0.15) is 0 Å². The number of thiazole rings is 1. The van der Waals surface area contributed by atoms with Crippen molar-refractivity contribution in [2.24, 2.45) is 23.7 Å². The monoisotopic (exact) mass is 726 g/mol. The van der Waals surface area contributed by atoms with Crippen molar-refractivity contribution in [1.82, 2.24) is 20.1 Å². The number of ether oxygens (including phenoxy) is 1. The summed E-state index contributed by atoms with van der Waals surface area (Å²) in [6.07, 6.45) is 5.73. The van der Waals surface area contributed by atoms with E-state index in [0.29, 0.717) is 24.5 Å². The first-order chi connectivity index (χ1) is 24.3. The second-order valence-electron chi connectivity index (χ2n) is 14.7. The highest BCUT2D eigenvalue weighted by Gasteiger charge is 2.38. The molecule has 284 valence electrons. The number of nitrogens with one attached hydrogen (secondary N) is 1. The second-order valence-corrected chi connectivity index (χ2v) is 15.6. The highest BCUT2D eigenvalue weighted by Crippen LogP contribution is 2.33. The zero-order valence-electron chi connectivity index (χ0n) is 32.1. The molecule has 0 aliphatic carbocycles. The predicted molar refractivity (Wildman–Crippen MR) is 203 cm³/mol. The molecule has 3 rings (SSSR count). The summed E-state index contributed by atoms with van der Waals surface area (Å²) in [4.78, 5) is 61.9. The Balaban J connectivity index is 1.79. The highest BCUT2D eigenvalue weighted by atomic mass is 32.1. The van der Waals surface area contributed by atoms with Crippen LogP contribution in [0.1, 0.15) is 120 Å². The number of carbonyl (C=O) groups is 4. The number of hydrogen-bond donors (Lipinski definition) is 2. The Bertz CT molecular complexity index is 1400. The maximum absolute atomic E-state index is 14.4. The van der Waals surface area contributed by atoms with Gasteiger partial charge < -0.3 is 20.1 Å². The molecule has 1 fully saturated rings. The molecule has 51 heavy (non-hydrogen) atoms. The molecule has 0 bridgehead atoms. The molecule has 6 atom stereocenters. The molecule has 1 aliphatic heterocycles. The maximum Gasteiger partial charge on any atom is 0.306 e. The number of piperidine rings is 1. The van der Waals surface area contributed by atoms with Gasteiger partial charge in [0, 0.05) is 49.9 Å². The second kappa shape index (κ2) is 20.8. The Labute approximate surface area is 309 Å². The average Bonchev–Trinajstić information content (AvgIpc) is 3.60. The van der Waals surface area contributed by atoms with Crippen molar-refractivity contribution in [3.63, 3.8) is 0 Å². The number of hydrogen-bond acceptors (Lipinski definition) is 8. The third-order valence-corrected chi connectivity index (χ3v) is 11.6. The van der Waals surface area contributed by atoms with Gasteiger partial charge in [-0.25, -0.2) is 4.98 Å². The molecule has 2 aromatic rings. The van der Waals surface area contributed by atoms with Crippen LogP contribution in [0, 0.1) is 23.7 Å². The van der Waals surface area contributed by atoms with Gasteiger partial charge in [-0.05, 0) is 63.6 Å². The summed E-state index contributed by atoms with van der Waals surface area (Å²) in [5, 5.41) is 15.0. The number of aromatic nitrogens is 1. The smallest absolute Gasteiger partial charge is 0.306 e. The van der Waals surface area contributed by atoms with Crippen LogP contribution in [0.5, 0.6) is 0 Å². The van der Waals surface area contributed by atoms with Crippen molar-refractivity contribution in [3.8, 4) is 0 Å². The number of rotatable bonds is 21. The number of likely N-dealkylation sites (N-methyl/N-ethyl adjacent to an activating group) is 1. The molecule has 2 N–H and O–H groups in total. The molecule has 1 aromatic carbocycles. The summed E-state index contributed by atoms with van der Waals surface area (Å²) in [5.41, 5.74) is 1.26. The summed E-state index contributed by atoms with van der Waals surface area (Å²) in [6.45, 7) is 13.3. The van der Waals surface area contributed by atoms with E-state index in [1.807, 2.05) is 56.3 Å². The Morgan fingerprint density at radius 1 is 1.06 bits per heavy atom. The van der Waals surface area contributed by atoms with Gasteiger partial charge in [0.1, 0.15) is 16.8 Å². The van der Waals surface area contributed by atoms with Gasteiger partial charge in [0.2, 0.25) is 5.91 Å². The first-order valence-corrected chi connectivity index (χ1v) is 19.8. The van der Waals surface area contributed by atoms with Crippen LogP contribution < -0.4 is 5.32 Å². The fourth-order valence-electron chi connectivity index (χ4n) is 7.53. The largest absolute Gasteiger partial charge is 0.481 e. The quantitative estimate of drug-likeness (QED) is 0.140. The number of ketones is 1. The lowest BCUT2D eigenvalue weighted by Crippen LogP contribution is -2.48. The molecular weight excluding hydrogens is 665 g/mol.